The Morgan fingerprint density at radius 3 is 2.66 bits per heavy atom. The van der Waals surface area contributed by atoms with E-state index in [2.05, 4.69) is 29.0 Å². The summed E-state index contributed by atoms with van der Waals surface area (Å²) in [6, 6.07) is 10.8. The maximum absolute atomic E-state index is 13.1. The maximum atomic E-state index is 13.1. The minimum atomic E-state index is -3.56. The second kappa shape index (κ2) is 8.04. The van der Waals surface area contributed by atoms with Crippen molar-refractivity contribution in [3.05, 3.63) is 60.2 Å². The lowest BCUT2D eigenvalue weighted by Gasteiger charge is -2.30. The van der Waals surface area contributed by atoms with E-state index in [1.54, 1.807) is 24.5 Å². The summed E-state index contributed by atoms with van der Waals surface area (Å²) < 4.78 is 33.2. The van der Waals surface area contributed by atoms with Gasteiger partial charge in [-0.2, -0.15) is 9.29 Å². The van der Waals surface area contributed by atoms with Crippen LogP contribution in [0.25, 0.3) is 11.4 Å². The molecule has 8 heteroatoms. The monoisotopic (exact) mass is 412 g/mol. The van der Waals surface area contributed by atoms with Gasteiger partial charge in [-0.3, -0.25) is 4.98 Å². The van der Waals surface area contributed by atoms with Gasteiger partial charge in [-0.1, -0.05) is 31.1 Å². The highest BCUT2D eigenvalue weighted by atomic mass is 32.2. The number of benzene rings is 1. The molecule has 0 aliphatic carbocycles. The van der Waals surface area contributed by atoms with Gasteiger partial charge in [-0.05, 0) is 48.6 Å². The van der Waals surface area contributed by atoms with Crippen LogP contribution in [-0.2, 0) is 10.0 Å². The van der Waals surface area contributed by atoms with Gasteiger partial charge in [0.2, 0.25) is 21.7 Å². The third-order valence-corrected chi connectivity index (χ3v) is 7.16. The van der Waals surface area contributed by atoms with Gasteiger partial charge in [0.05, 0.1) is 10.8 Å². The van der Waals surface area contributed by atoms with E-state index in [4.69, 9.17) is 4.52 Å². The van der Waals surface area contributed by atoms with Gasteiger partial charge in [0, 0.05) is 31.0 Å². The van der Waals surface area contributed by atoms with Crippen LogP contribution in [0.1, 0.15) is 50.0 Å². The third-order valence-electron chi connectivity index (χ3n) is 5.28. The molecule has 1 atom stereocenters. The Morgan fingerprint density at radius 1 is 1.17 bits per heavy atom. The minimum Gasteiger partial charge on any atom is -0.339 e. The van der Waals surface area contributed by atoms with Crippen molar-refractivity contribution in [1.82, 2.24) is 19.4 Å². The first-order chi connectivity index (χ1) is 13.9. The molecule has 1 fully saturated rings. The highest BCUT2D eigenvalue weighted by Gasteiger charge is 2.33. The smallest absolute Gasteiger partial charge is 0.243 e. The van der Waals surface area contributed by atoms with E-state index >= 15 is 0 Å². The summed E-state index contributed by atoms with van der Waals surface area (Å²) in [4.78, 5) is 8.88. The van der Waals surface area contributed by atoms with E-state index in [0.717, 1.165) is 24.0 Å². The predicted molar refractivity (Wildman–Crippen MR) is 109 cm³/mol. The molecular formula is C21H24N4O3S. The van der Waals surface area contributed by atoms with Crippen molar-refractivity contribution in [2.75, 3.05) is 13.1 Å². The van der Waals surface area contributed by atoms with E-state index < -0.39 is 10.0 Å². The van der Waals surface area contributed by atoms with Crippen molar-refractivity contribution in [3.8, 4) is 11.4 Å². The second-order valence-electron chi connectivity index (χ2n) is 7.62. The molecule has 3 aromatic rings. The average molecular weight is 413 g/mol. The summed E-state index contributed by atoms with van der Waals surface area (Å²) in [6.45, 7) is 5.00. The molecule has 7 nitrogen and oxygen atoms in total. The summed E-state index contributed by atoms with van der Waals surface area (Å²) in [5, 5.41) is 4.04. The number of piperidine rings is 1. The lowest BCUT2D eigenvalue weighted by Crippen LogP contribution is -2.39. The van der Waals surface area contributed by atoms with Crippen LogP contribution in [-0.4, -0.2) is 40.9 Å². The molecule has 0 radical (unpaired) electrons. The molecule has 0 bridgehead atoms. The van der Waals surface area contributed by atoms with Gasteiger partial charge in [-0.15, -0.1) is 0 Å². The fraction of sp³-hybridized carbons (Fsp3) is 0.381. The van der Waals surface area contributed by atoms with Gasteiger partial charge < -0.3 is 4.52 Å². The topological polar surface area (TPSA) is 89.2 Å². The largest absolute Gasteiger partial charge is 0.339 e. The standard InChI is InChI=1S/C21H24N4O3S/c1-15(2)16-7-9-19(10-8-16)29(26,27)25-12-4-6-18(14-25)21-23-20(24-28-21)17-5-3-11-22-13-17/h3,5,7-11,13,15,18H,4,6,12,14H2,1-2H3. The zero-order valence-corrected chi connectivity index (χ0v) is 17.3. The maximum Gasteiger partial charge on any atom is 0.243 e. The molecule has 0 saturated carbocycles. The van der Waals surface area contributed by atoms with Crippen molar-refractivity contribution in [1.29, 1.82) is 0 Å². The summed E-state index contributed by atoms with van der Waals surface area (Å²) in [5.74, 6) is 1.18. The zero-order chi connectivity index (χ0) is 20.4. The zero-order valence-electron chi connectivity index (χ0n) is 16.5. The van der Waals surface area contributed by atoms with E-state index in [-0.39, 0.29) is 5.92 Å². The van der Waals surface area contributed by atoms with E-state index in [9.17, 15) is 8.42 Å². The molecule has 1 aliphatic rings. The molecule has 0 N–H and O–H groups in total. The fourth-order valence-electron chi connectivity index (χ4n) is 3.55. The van der Waals surface area contributed by atoms with E-state index in [0.29, 0.717) is 35.6 Å². The first-order valence-corrected chi connectivity index (χ1v) is 11.2. The van der Waals surface area contributed by atoms with Crippen LogP contribution < -0.4 is 0 Å². The molecule has 2 aromatic heterocycles. The Bertz CT molecular complexity index is 1060. The molecule has 1 aliphatic heterocycles. The molecule has 4 rings (SSSR count). The average Bonchev–Trinajstić information content (AvgIpc) is 3.25. The summed E-state index contributed by atoms with van der Waals surface area (Å²) in [5.41, 5.74) is 1.89. The SMILES string of the molecule is CC(C)c1ccc(S(=O)(=O)N2CCCC(c3nc(-c4cccnc4)no3)C2)cc1. The Hall–Kier alpha value is -2.58. The third kappa shape index (κ3) is 4.09. The van der Waals surface area contributed by atoms with Gasteiger partial charge >= 0.3 is 0 Å². The number of pyridine rings is 1. The number of nitrogens with zero attached hydrogens (tertiary/aromatic N) is 4. The number of rotatable bonds is 5. The lowest BCUT2D eigenvalue weighted by atomic mass is 10.00. The van der Waals surface area contributed by atoms with Gasteiger partial charge in [0.15, 0.2) is 0 Å². The molecule has 152 valence electrons. The number of aromatic nitrogens is 3. The van der Waals surface area contributed by atoms with Crippen LogP contribution in [0.4, 0.5) is 0 Å². The first kappa shape index (κ1) is 19.7. The summed E-state index contributed by atoms with van der Waals surface area (Å²) in [6.07, 6.45) is 4.92. The van der Waals surface area contributed by atoms with Crippen molar-refractivity contribution >= 4 is 10.0 Å². The Labute approximate surface area is 170 Å². The second-order valence-corrected chi connectivity index (χ2v) is 9.56. The van der Waals surface area contributed by atoms with Gasteiger partial charge in [0.1, 0.15) is 0 Å². The van der Waals surface area contributed by atoms with Crippen molar-refractivity contribution in [2.24, 2.45) is 0 Å². The molecule has 0 amide bonds. The Morgan fingerprint density at radius 2 is 1.97 bits per heavy atom. The molecular weight excluding hydrogens is 388 g/mol. The Balaban J connectivity index is 1.53. The molecule has 0 spiro atoms. The van der Waals surface area contributed by atoms with Crippen molar-refractivity contribution in [3.63, 3.8) is 0 Å². The van der Waals surface area contributed by atoms with Gasteiger partial charge in [-0.25, -0.2) is 8.42 Å². The normalized spacial score (nSPS) is 18.2. The number of hydrogen-bond acceptors (Lipinski definition) is 6. The molecule has 29 heavy (non-hydrogen) atoms. The minimum absolute atomic E-state index is 0.119. The number of sulfonamides is 1. The first-order valence-electron chi connectivity index (χ1n) is 9.79. The van der Waals surface area contributed by atoms with Crippen molar-refractivity contribution < 1.29 is 12.9 Å². The molecule has 3 heterocycles. The predicted octanol–water partition coefficient (Wildman–Crippen LogP) is 3.82. The van der Waals surface area contributed by atoms with Crippen LogP contribution in [0.2, 0.25) is 0 Å². The van der Waals surface area contributed by atoms with Crippen molar-refractivity contribution in [2.45, 2.75) is 43.4 Å². The fourth-order valence-corrected chi connectivity index (χ4v) is 5.07. The van der Waals surface area contributed by atoms with Crippen LogP contribution in [0.15, 0.2) is 58.2 Å². The highest BCUT2D eigenvalue weighted by molar-refractivity contribution is 7.89. The van der Waals surface area contributed by atoms with Crippen LogP contribution in [0.5, 0.6) is 0 Å². The Kier molecular flexibility index (Phi) is 5.47. The molecule has 1 saturated heterocycles. The highest BCUT2D eigenvalue weighted by Crippen LogP contribution is 2.31. The quantitative estimate of drug-likeness (QED) is 0.633. The van der Waals surface area contributed by atoms with E-state index in [1.807, 2.05) is 24.3 Å². The van der Waals surface area contributed by atoms with Gasteiger partial charge in [0.25, 0.3) is 0 Å². The van der Waals surface area contributed by atoms with Crippen LogP contribution in [0, 0.1) is 0 Å². The number of hydrogen-bond donors (Lipinski definition) is 0. The van der Waals surface area contributed by atoms with E-state index in [1.165, 1.54) is 4.31 Å². The van der Waals surface area contributed by atoms with Crippen LogP contribution >= 0.6 is 0 Å². The lowest BCUT2D eigenvalue weighted by molar-refractivity contribution is 0.265. The molecule has 1 unspecified atom stereocenters. The molecule has 1 aromatic carbocycles. The van der Waals surface area contributed by atoms with Crippen LogP contribution in [0.3, 0.4) is 0 Å². The summed E-state index contributed by atoms with van der Waals surface area (Å²) >= 11 is 0. The summed E-state index contributed by atoms with van der Waals surface area (Å²) in [7, 11) is -3.56.